The van der Waals surface area contributed by atoms with Crippen LogP contribution in [0.3, 0.4) is 0 Å². The molecular weight excluding hydrogens is 671 g/mol. The normalized spacial score (nSPS) is 14.4. The maximum absolute atomic E-state index is 12.2. The summed E-state index contributed by atoms with van der Waals surface area (Å²) in [6.45, 7) is 0. The van der Waals surface area contributed by atoms with E-state index in [1.165, 1.54) is 0 Å². The van der Waals surface area contributed by atoms with Crippen molar-refractivity contribution >= 4 is 21.8 Å². The lowest BCUT2D eigenvalue weighted by molar-refractivity contribution is 0.140. The topological polar surface area (TPSA) is 45.4 Å². The summed E-state index contributed by atoms with van der Waals surface area (Å²) in [5.74, 6) is 13.4. The van der Waals surface area contributed by atoms with Crippen LogP contribution in [-0.4, -0.2) is 14.8 Å². The van der Waals surface area contributed by atoms with Crippen LogP contribution in [0.4, 0.5) is 0 Å². The number of nitrogens with zero attached hydrogens (tertiary/aromatic N) is 1. The van der Waals surface area contributed by atoms with Crippen molar-refractivity contribution in [3.63, 3.8) is 0 Å². The number of benzene rings is 7. The molecule has 0 radical (unpaired) electrons. The first-order valence-electron chi connectivity index (χ1n) is 18.9. The summed E-state index contributed by atoms with van der Waals surface area (Å²) in [5, 5.41) is 26.6. The van der Waals surface area contributed by atoms with Crippen LogP contribution in [0.5, 0.6) is 0 Å². The lowest BCUT2D eigenvalue weighted by Crippen LogP contribution is -2.31. The molecule has 55 heavy (non-hydrogen) atoms. The van der Waals surface area contributed by atoms with Gasteiger partial charge in [-0.15, -0.1) is 0 Å². The summed E-state index contributed by atoms with van der Waals surface area (Å²) in [6.07, 6.45) is 2.56. The first kappa shape index (κ1) is 33.0. The average molecular weight is 708 g/mol. The van der Waals surface area contributed by atoms with E-state index >= 15 is 0 Å². The third-order valence-electron chi connectivity index (χ3n) is 11.4. The number of rotatable bonds is 3. The van der Waals surface area contributed by atoms with Crippen LogP contribution >= 0.6 is 0 Å². The number of hydrogen-bond donors (Lipinski definition) is 2. The van der Waals surface area contributed by atoms with E-state index in [-0.39, 0.29) is 0 Å². The molecule has 0 saturated heterocycles. The second-order valence-electron chi connectivity index (χ2n) is 14.7. The average Bonchev–Trinajstić information content (AvgIpc) is 3.54. The molecule has 0 unspecified atom stereocenters. The number of fused-ring (bicyclic) bond motifs is 7. The van der Waals surface area contributed by atoms with E-state index in [9.17, 15) is 10.2 Å². The molecule has 0 spiro atoms. The highest BCUT2D eigenvalue weighted by atomic mass is 16.3. The van der Waals surface area contributed by atoms with Gasteiger partial charge in [0.05, 0.1) is 11.0 Å². The fourth-order valence-corrected chi connectivity index (χ4v) is 8.82. The van der Waals surface area contributed by atoms with Crippen molar-refractivity contribution in [1.29, 1.82) is 0 Å². The van der Waals surface area contributed by atoms with Gasteiger partial charge in [-0.05, 0) is 82.6 Å². The highest BCUT2D eigenvalue weighted by Gasteiger charge is 2.38. The molecule has 0 saturated carbocycles. The minimum absolute atomic E-state index is 0.493. The fourth-order valence-electron chi connectivity index (χ4n) is 8.82. The standard InChI is InChI=1S/C52H37NO2/c54-51(45-22-8-4-16-38(45)34-39-17-5-9-23-46(39)51)30-12-14-36-26-28-49-43(32-36)44-33-37(27-29-50(44)53(49)42-20-2-1-3-21-42)15-13-31-52(55)47-24-10-6-18-40(47)35-41-19-7-11-25-48(41)52/h1-11,16-29,32-33,54-55H,14-15,34-35H2. The zero-order valence-electron chi connectivity index (χ0n) is 30.3. The molecule has 1 heterocycles. The van der Waals surface area contributed by atoms with E-state index in [0.717, 1.165) is 96.0 Å². The van der Waals surface area contributed by atoms with Gasteiger partial charge in [0.1, 0.15) is 0 Å². The van der Waals surface area contributed by atoms with Gasteiger partial charge < -0.3 is 14.8 Å². The van der Waals surface area contributed by atoms with Crippen molar-refractivity contribution in [2.75, 3.05) is 0 Å². The van der Waals surface area contributed by atoms with E-state index in [2.05, 4.69) is 113 Å². The number of aromatic nitrogens is 1. The van der Waals surface area contributed by atoms with Crippen LogP contribution in [0.1, 0.15) is 55.6 Å². The minimum atomic E-state index is -1.37. The van der Waals surface area contributed by atoms with Crippen LogP contribution in [-0.2, 0) is 36.9 Å². The quantitative estimate of drug-likeness (QED) is 0.180. The Hall–Kier alpha value is -6.62. The molecule has 0 atom stereocenters. The lowest BCUT2D eigenvalue weighted by Gasteiger charge is -2.32. The Kier molecular flexibility index (Phi) is 7.83. The minimum Gasteiger partial charge on any atom is -0.369 e. The Balaban J connectivity index is 1.03. The van der Waals surface area contributed by atoms with Crippen molar-refractivity contribution in [1.82, 2.24) is 4.57 Å². The number of para-hydroxylation sites is 1. The molecule has 2 aliphatic carbocycles. The Labute approximate surface area is 321 Å². The third-order valence-corrected chi connectivity index (χ3v) is 11.4. The van der Waals surface area contributed by atoms with E-state index < -0.39 is 11.2 Å². The summed E-state index contributed by atoms with van der Waals surface area (Å²) >= 11 is 0. The Bertz CT molecular complexity index is 2660. The van der Waals surface area contributed by atoms with Gasteiger partial charge in [-0.3, -0.25) is 0 Å². The van der Waals surface area contributed by atoms with Crippen LogP contribution in [0.15, 0.2) is 164 Å². The van der Waals surface area contributed by atoms with E-state index in [1.54, 1.807) is 0 Å². The number of aliphatic hydroxyl groups is 2. The summed E-state index contributed by atoms with van der Waals surface area (Å²) in [6, 6.07) is 56.0. The van der Waals surface area contributed by atoms with Crippen LogP contribution in [0, 0.1) is 23.7 Å². The maximum Gasteiger partial charge on any atom is 0.177 e. The Morgan fingerprint density at radius 3 is 1.20 bits per heavy atom. The van der Waals surface area contributed by atoms with Crippen LogP contribution in [0.2, 0.25) is 0 Å². The van der Waals surface area contributed by atoms with Crippen molar-refractivity contribution in [3.8, 4) is 29.4 Å². The van der Waals surface area contributed by atoms with Crippen molar-refractivity contribution in [3.05, 3.63) is 219 Å². The zero-order chi connectivity index (χ0) is 37.0. The summed E-state index contributed by atoms with van der Waals surface area (Å²) in [5.41, 5.74) is 10.6. The molecule has 0 aliphatic heterocycles. The molecule has 262 valence electrons. The number of hydrogen-bond acceptors (Lipinski definition) is 2. The maximum atomic E-state index is 12.2. The highest BCUT2D eigenvalue weighted by molar-refractivity contribution is 6.09. The third kappa shape index (κ3) is 5.48. The monoisotopic (exact) mass is 707 g/mol. The smallest absolute Gasteiger partial charge is 0.177 e. The second-order valence-corrected chi connectivity index (χ2v) is 14.7. The van der Waals surface area contributed by atoms with Gasteiger partial charge >= 0.3 is 0 Å². The predicted molar refractivity (Wildman–Crippen MR) is 221 cm³/mol. The Morgan fingerprint density at radius 1 is 0.436 bits per heavy atom. The molecule has 7 aromatic carbocycles. The molecule has 0 amide bonds. The van der Waals surface area contributed by atoms with Gasteiger partial charge in [-0.2, -0.15) is 0 Å². The molecule has 3 nitrogen and oxygen atoms in total. The largest absolute Gasteiger partial charge is 0.369 e. The molecule has 2 N–H and O–H groups in total. The SMILES string of the molecule is OC1(C#CCc2ccc3c(c2)c2cc(CC#CC4(O)c5ccccc5Cc5ccccc54)ccc2n3-c2ccccc2)c2ccccc2Cc2ccccc21. The summed E-state index contributed by atoms with van der Waals surface area (Å²) < 4.78 is 2.31. The van der Waals surface area contributed by atoms with Gasteiger partial charge in [0.15, 0.2) is 11.2 Å². The van der Waals surface area contributed by atoms with Crippen molar-refractivity contribution in [2.45, 2.75) is 36.9 Å². The Morgan fingerprint density at radius 2 is 0.800 bits per heavy atom. The van der Waals surface area contributed by atoms with E-state index in [1.807, 2.05) is 78.9 Å². The zero-order valence-corrected chi connectivity index (χ0v) is 30.3. The highest BCUT2D eigenvalue weighted by Crippen LogP contribution is 2.41. The van der Waals surface area contributed by atoms with Crippen molar-refractivity contribution in [2.24, 2.45) is 0 Å². The van der Waals surface area contributed by atoms with Crippen LogP contribution in [0.25, 0.3) is 27.5 Å². The summed E-state index contributed by atoms with van der Waals surface area (Å²) in [4.78, 5) is 0. The molecule has 0 fully saturated rings. The molecule has 1 aromatic heterocycles. The molecule has 3 heteroatoms. The van der Waals surface area contributed by atoms with E-state index in [0.29, 0.717) is 12.8 Å². The van der Waals surface area contributed by atoms with Gasteiger partial charge in [0.25, 0.3) is 0 Å². The van der Waals surface area contributed by atoms with Gasteiger partial charge in [0.2, 0.25) is 0 Å². The fraction of sp³-hybridized carbons (Fsp3) is 0.115. The van der Waals surface area contributed by atoms with Crippen molar-refractivity contribution < 1.29 is 10.2 Å². The van der Waals surface area contributed by atoms with E-state index in [4.69, 9.17) is 0 Å². The lowest BCUT2D eigenvalue weighted by atomic mass is 9.75. The van der Waals surface area contributed by atoms with Gasteiger partial charge in [-0.25, -0.2) is 0 Å². The second kappa shape index (κ2) is 13.0. The first-order chi connectivity index (χ1) is 27.0. The molecular formula is C52H37NO2. The molecule has 2 aliphatic rings. The molecule has 8 aromatic rings. The van der Waals surface area contributed by atoms with Gasteiger partial charge in [-0.1, -0.05) is 151 Å². The van der Waals surface area contributed by atoms with Gasteiger partial charge in [0, 0.05) is 51.6 Å². The molecule has 10 rings (SSSR count). The first-order valence-corrected chi connectivity index (χ1v) is 18.9. The predicted octanol–water partition coefficient (Wildman–Crippen LogP) is 9.56. The molecule has 0 bridgehead atoms. The summed E-state index contributed by atoms with van der Waals surface area (Å²) in [7, 11) is 0. The van der Waals surface area contributed by atoms with Crippen LogP contribution < -0.4 is 0 Å².